The van der Waals surface area contributed by atoms with Crippen LogP contribution in [0.25, 0.3) is 0 Å². The monoisotopic (exact) mass is 446 g/mol. The van der Waals surface area contributed by atoms with Crippen LogP contribution >= 0.6 is 55.0 Å². The Morgan fingerprint density at radius 2 is 1.81 bits per heavy atom. The van der Waals surface area contributed by atoms with Crippen molar-refractivity contribution in [3.8, 4) is 0 Å². The Morgan fingerprint density at radius 1 is 1.19 bits per heavy atom. The molecule has 0 radical (unpaired) electrons. The van der Waals surface area contributed by atoms with E-state index < -0.39 is 0 Å². The molecule has 0 aliphatic carbocycles. The predicted octanol–water partition coefficient (Wildman–Crippen LogP) is 6.55. The molecule has 5 heteroatoms. The summed E-state index contributed by atoms with van der Waals surface area (Å²) < 4.78 is 1.86. The zero-order valence-electron chi connectivity index (χ0n) is 12.1. The lowest BCUT2D eigenvalue weighted by molar-refractivity contribution is 0.102. The van der Waals surface area contributed by atoms with Gasteiger partial charge in [0.05, 0.1) is 13.3 Å². The van der Waals surface area contributed by atoms with Crippen molar-refractivity contribution in [1.29, 1.82) is 0 Å². The van der Waals surface area contributed by atoms with Crippen LogP contribution in [-0.2, 0) is 5.41 Å². The molecule has 0 fully saturated rings. The first-order valence-electron chi connectivity index (χ1n) is 6.49. The van der Waals surface area contributed by atoms with Crippen molar-refractivity contribution in [3.63, 3.8) is 0 Å². The largest absolute Gasteiger partial charge is 0.293 e. The van der Waals surface area contributed by atoms with Gasteiger partial charge in [-0.1, -0.05) is 32.9 Å². The highest BCUT2D eigenvalue weighted by atomic mass is 79.9. The molecular formula is C16H16Br2OS2. The van der Waals surface area contributed by atoms with Gasteiger partial charge in [-0.05, 0) is 61.0 Å². The van der Waals surface area contributed by atoms with Gasteiger partial charge in [0.1, 0.15) is 0 Å². The highest BCUT2D eigenvalue weighted by Gasteiger charge is 2.15. The van der Waals surface area contributed by atoms with Gasteiger partial charge in [0.15, 0.2) is 5.78 Å². The molecule has 0 N–H and O–H groups in total. The van der Waals surface area contributed by atoms with E-state index in [4.69, 9.17) is 0 Å². The summed E-state index contributed by atoms with van der Waals surface area (Å²) in [6, 6.07) is 10.3. The normalized spacial score (nSPS) is 11.7. The molecule has 21 heavy (non-hydrogen) atoms. The summed E-state index contributed by atoms with van der Waals surface area (Å²) in [7, 11) is 0. The van der Waals surface area contributed by atoms with E-state index in [0.717, 1.165) is 18.0 Å². The number of carbonyl (C=O) groups excluding carboxylic acids is 1. The van der Waals surface area contributed by atoms with Gasteiger partial charge in [0, 0.05) is 10.5 Å². The Morgan fingerprint density at radius 3 is 2.29 bits per heavy atom. The van der Waals surface area contributed by atoms with Gasteiger partial charge in [-0.25, -0.2) is 0 Å². The summed E-state index contributed by atoms with van der Waals surface area (Å²) in [5, 5.41) is 0. The van der Waals surface area contributed by atoms with Crippen LogP contribution in [0.3, 0.4) is 0 Å². The summed E-state index contributed by atoms with van der Waals surface area (Å²) in [6.07, 6.45) is 0. The molecule has 1 heterocycles. The molecule has 2 aromatic rings. The van der Waals surface area contributed by atoms with E-state index in [2.05, 4.69) is 76.9 Å². The predicted molar refractivity (Wildman–Crippen MR) is 99.9 cm³/mol. The number of thioether (sulfide) groups is 1. The molecule has 0 aliphatic rings. The molecule has 0 atom stereocenters. The number of hydrogen-bond acceptors (Lipinski definition) is 3. The molecule has 0 bridgehead atoms. The molecule has 0 aliphatic heterocycles. The fraction of sp³-hybridized carbons (Fsp3) is 0.312. The SMILES string of the molecule is CC(C)(C)c1ccc(SCC(=O)c2cc(Br)sc2Br)cc1. The van der Waals surface area contributed by atoms with Crippen LogP contribution < -0.4 is 0 Å². The number of carbonyl (C=O) groups is 1. The maximum atomic E-state index is 12.2. The average Bonchev–Trinajstić information content (AvgIpc) is 2.74. The van der Waals surface area contributed by atoms with Crippen LogP contribution in [0.2, 0.25) is 0 Å². The summed E-state index contributed by atoms with van der Waals surface area (Å²) in [5.41, 5.74) is 2.22. The smallest absolute Gasteiger partial charge is 0.175 e. The van der Waals surface area contributed by atoms with Gasteiger partial charge in [0.25, 0.3) is 0 Å². The van der Waals surface area contributed by atoms with E-state index in [1.807, 2.05) is 6.07 Å². The zero-order valence-corrected chi connectivity index (χ0v) is 16.9. The van der Waals surface area contributed by atoms with Crippen LogP contribution in [0.5, 0.6) is 0 Å². The van der Waals surface area contributed by atoms with E-state index >= 15 is 0 Å². The minimum atomic E-state index is 0.147. The lowest BCUT2D eigenvalue weighted by atomic mass is 9.87. The zero-order chi connectivity index (χ0) is 15.6. The molecule has 1 aromatic heterocycles. The molecule has 112 valence electrons. The van der Waals surface area contributed by atoms with E-state index in [1.54, 1.807) is 11.8 Å². The fourth-order valence-corrected chi connectivity index (χ4v) is 5.45. The van der Waals surface area contributed by atoms with E-state index in [-0.39, 0.29) is 11.2 Å². The van der Waals surface area contributed by atoms with E-state index in [0.29, 0.717) is 5.75 Å². The van der Waals surface area contributed by atoms with Crippen molar-refractivity contribution in [2.75, 3.05) is 5.75 Å². The standard InChI is InChI=1S/C16H16Br2OS2/c1-16(2,3)10-4-6-11(7-5-10)20-9-13(19)12-8-14(17)21-15(12)18/h4-8H,9H2,1-3H3. The van der Waals surface area contributed by atoms with Crippen molar-refractivity contribution < 1.29 is 4.79 Å². The lowest BCUT2D eigenvalue weighted by Gasteiger charge is -2.19. The molecule has 0 spiro atoms. The van der Waals surface area contributed by atoms with E-state index in [1.165, 1.54) is 16.9 Å². The summed E-state index contributed by atoms with van der Waals surface area (Å²) in [5.74, 6) is 0.602. The Bertz CT molecular complexity index is 639. The van der Waals surface area contributed by atoms with Gasteiger partial charge in [-0.3, -0.25) is 4.79 Å². The number of halogens is 2. The van der Waals surface area contributed by atoms with Crippen molar-refractivity contribution >= 4 is 60.7 Å². The fourth-order valence-electron chi connectivity index (χ4n) is 1.81. The summed E-state index contributed by atoms with van der Waals surface area (Å²) in [6.45, 7) is 6.60. The van der Waals surface area contributed by atoms with Crippen LogP contribution in [0, 0.1) is 0 Å². The Balaban J connectivity index is 2.00. The minimum absolute atomic E-state index is 0.147. The maximum absolute atomic E-state index is 12.2. The first kappa shape index (κ1) is 17.3. The molecule has 2 rings (SSSR count). The Hall–Kier alpha value is -0.100. The molecule has 0 saturated carbocycles. The maximum Gasteiger partial charge on any atom is 0.175 e. The van der Waals surface area contributed by atoms with Gasteiger partial charge in [0.2, 0.25) is 0 Å². The van der Waals surface area contributed by atoms with Crippen LogP contribution in [-0.4, -0.2) is 11.5 Å². The second-order valence-corrected chi connectivity index (χ2v) is 10.5. The molecule has 1 aromatic carbocycles. The van der Waals surface area contributed by atoms with Crippen LogP contribution in [0.4, 0.5) is 0 Å². The van der Waals surface area contributed by atoms with Gasteiger partial charge >= 0.3 is 0 Å². The summed E-state index contributed by atoms with van der Waals surface area (Å²) >= 11 is 9.94. The Labute approximate surface area is 150 Å². The lowest BCUT2D eigenvalue weighted by Crippen LogP contribution is -2.10. The molecule has 0 saturated heterocycles. The van der Waals surface area contributed by atoms with Crippen molar-refractivity contribution in [2.45, 2.75) is 31.1 Å². The minimum Gasteiger partial charge on any atom is -0.293 e. The van der Waals surface area contributed by atoms with Gasteiger partial charge in [-0.15, -0.1) is 23.1 Å². The average molecular weight is 448 g/mol. The third kappa shape index (κ3) is 4.68. The number of ketones is 1. The number of thiophene rings is 1. The second-order valence-electron chi connectivity index (χ2n) is 5.72. The second kappa shape index (κ2) is 6.99. The number of hydrogen-bond donors (Lipinski definition) is 0. The van der Waals surface area contributed by atoms with Crippen molar-refractivity contribution in [3.05, 3.63) is 49.0 Å². The molecule has 0 unspecified atom stereocenters. The van der Waals surface area contributed by atoms with E-state index in [9.17, 15) is 4.79 Å². The van der Waals surface area contributed by atoms with Gasteiger partial charge < -0.3 is 0 Å². The topological polar surface area (TPSA) is 17.1 Å². The van der Waals surface area contributed by atoms with Crippen LogP contribution in [0.1, 0.15) is 36.7 Å². The highest BCUT2D eigenvalue weighted by Crippen LogP contribution is 2.33. The number of Topliss-reactive ketones (excluding diaryl/α,β-unsaturated/α-hetero) is 1. The molecular weight excluding hydrogens is 432 g/mol. The van der Waals surface area contributed by atoms with Gasteiger partial charge in [-0.2, -0.15) is 0 Å². The van der Waals surface area contributed by atoms with Crippen LogP contribution in [0.15, 0.2) is 42.8 Å². The van der Waals surface area contributed by atoms with Crippen molar-refractivity contribution in [1.82, 2.24) is 0 Å². The third-order valence-corrected chi connectivity index (χ3v) is 6.40. The van der Waals surface area contributed by atoms with Crippen molar-refractivity contribution in [2.24, 2.45) is 0 Å². The highest BCUT2D eigenvalue weighted by molar-refractivity contribution is 9.12. The third-order valence-electron chi connectivity index (χ3n) is 3.05. The molecule has 1 nitrogen and oxygen atoms in total. The Kier molecular flexibility index (Phi) is 5.74. The summed E-state index contributed by atoms with van der Waals surface area (Å²) in [4.78, 5) is 13.3. The number of rotatable bonds is 4. The quantitative estimate of drug-likeness (QED) is 0.390. The molecule has 0 amide bonds. The first-order valence-corrected chi connectivity index (χ1v) is 9.87. The first-order chi connectivity index (χ1) is 9.77. The number of benzene rings is 1.